The van der Waals surface area contributed by atoms with Gasteiger partial charge in [0.1, 0.15) is 11.7 Å². The summed E-state index contributed by atoms with van der Waals surface area (Å²) < 4.78 is 0. The third-order valence-corrected chi connectivity index (χ3v) is 5.62. The molecule has 1 aliphatic heterocycles. The molecule has 8 heteroatoms. The summed E-state index contributed by atoms with van der Waals surface area (Å²) in [6.45, 7) is 7.54. The van der Waals surface area contributed by atoms with E-state index in [0.717, 1.165) is 5.56 Å². The number of aryl methyl sites for hydroxylation is 1. The second-order valence-electron chi connectivity index (χ2n) is 8.07. The molecular formula is C23H28N4O4. The number of carbonyl (C=O) groups is 2. The number of carbonyl (C=O) groups excluding carboxylic acids is 2. The Morgan fingerprint density at radius 3 is 2.23 bits per heavy atom. The molecule has 31 heavy (non-hydrogen) atoms. The van der Waals surface area contributed by atoms with Gasteiger partial charge in [-0.3, -0.25) is 19.7 Å². The van der Waals surface area contributed by atoms with Crippen LogP contribution in [0.5, 0.6) is 0 Å². The maximum atomic E-state index is 13.2. The van der Waals surface area contributed by atoms with E-state index in [1.165, 1.54) is 6.07 Å². The summed E-state index contributed by atoms with van der Waals surface area (Å²) in [6.07, 6.45) is 0. The Morgan fingerprint density at radius 1 is 1.00 bits per heavy atom. The van der Waals surface area contributed by atoms with Crippen LogP contribution in [0.25, 0.3) is 0 Å². The summed E-state index contributed by atoms with van der Waals surface area (Å²) in [5, 5.41) is 14.2. The first-order chi connectivity index (χ1) is 14.8. The van der Waals surface area contributed by atoms with Gasteiger partial charge in [-0.25, -0.2) is 0 Å². The summed E-state index contributed by atoms with van der Waals surface area (Å²) >= 11 is 0. The molecule has 1 unspecified atom stereocenters. The van der Waals surface area contributed by atoms with E-state index >= 15 is 0 Å². The molecule has 0 radical (unpaired) electrons. The average molecular weight is 425 g/mol. The Morgan fingerprint density at radius 2 is 1.61 bits per heavy atom. The van der Waals surface area contributed by atoms with Crippen molar-refractivity contribution in [2.45, 2.75) is 26.8 Å². The molecule has 0 saturated carbocycles. The van der Waals surface area contributed by atoms with Crippen LogP contribution in [0.1, 0.15) is 29.8 Å². The first kappa shape index (κ1) is 22.3. The van der Waals surface area contributed by atoms with Gasteiger partial charge in [0.2, 0.25) is 5.91 Å². The molecule has 0 bridgehead atoms. The van der Waals surface area contributed by atoms with E-state index in [2.05, 4.69) is 5.32 Å². The summed E-state index contributed by atoms with van der Waals surface area (Å²) in [5.74, 6) is -0.462. The monoisotopic (exact) mass is 424 g/mol. The Hall–Kier alpha value is -3.42. The Bertz CT molecular complexity index is 968. The number of amides is 2. The quantitative estimate of drug-likeness (QED) is 0.568. The zero-order valence-corrected chi connectivity index (χ0v) is 18.1. The molecule has 1 saturated heterocycles. The highest BCUT2D eigenvalue weighted by atomic mass is 16.6. The van der Waals surface area contributed by atoms with Crippen LogP contribution in [0, 0.1) is 23.0 Å². The van der Waals surface area contributed by atoms with Crippen LogP contribution in [0.2, 0.25) is 0 Å². The van der Waals surface area contributed by atoms with Crippen LogP contribution in [-0.2, 0) is 4.79 Å². The lowest BCUT2D eigenvalue weighted by molar-refractivity contribution is -0.384. The van der Waals surface area contributed by atoms with Gasteiger partial charge in [-0.05, 0) is 30.5 Å². The number of nitro groups is 1. The minimum absolute atomic E-state index is 0.0628. The molecule has 1 N–H and O–H groups in total. The number of para-hydroxylation sites is 2. The predicted octanol–water partition coefficient (Wildman–Crippen LogP) is 3.01. The van der Waals surface area contributed by atoms with Crippen LogP contribution < -0.4 is 10.2 Å². The van der Waals surface area contributed by atoms with Crippen molar-refractivity contribution in [1.82, 2.24) is 10.2 Å². The lowest BCUT2D eigenvalue weighted by Gasteiger charge is -2.38. The van der Waals surface area contributed by atoms with Crippen LogP contribution in [-0.4, -0.2) is 53.9 Å². The van der Waals surface area contributed by atoms with Crippen molar-refractivity contribution in [3.8, 4) is 0 Å². The Labute approximate surface area is 182 Å². The highest BCUT2D eigenvalue weighted by Crippen LogP contribution is 2.28. The number of nitrogens with zero attached hydrogens (tertiary/aromatic N) is 3. The standard InChI is InChI=1S/C23H28N4O4/c1-16(2)21(24-22(28)18-9-5-4-8-17(18)3)23(29)26-14-12-25(13-15-26)19-10-6-7-11-20(19)27(30)31/h4-11,16,21H,12-15H2,1-3H3,(H,24,28). The molecule has 2 amide bonds. The van der Waals surface area contributed by atoms with Crippen LogP contribution >= 0.6 is 0 Å². The fraction of sp³-hybridized carbons (Fsp3) is 0.391. The van der Waals surface area contributed by atoms with Crippen molar-refractivity contribution in [2.24, 2.45) is 5.92 Å². The third kappa shape index (κ3) is 5.02. The van der Waals surface area contributed by atoms with E-state index in [9.17, 15) is 19.7 Å². The van der Waals surface area contributed by atoms with E-state index in [0.29, 0.717) is 37.4 Å². The number of rotatable bonds is 6. The van der Waals surface area contributed by atoms with Gasteiger partial charge in [-0.2, -0.15) is 0 Å². The maximum Gasteiger partial charge on any atom is 0.292 e. The van der Waals surface area contributed by atoms with Crippen molar-refractivity contribution in [3.05, 3.63) is 69.8 Å². The lowest BCUT2D eigenvalue weighted by atomic mass is 10.0. The van der Waals surface area contributed by atoms with Gasteiger partial charge in [0.05, 0.1) is 4.92 Å². The van der Waals surface area contributed by atoms with E-state index in [1.54, 1.807) is 35.2 Å². The van der Waals surface area contributed by atoms with E-state index in [4.69, 9.17) is 0 Å². The van der Waals surface area contributed by atoms with E-state index in [-0.39, 0.29) is 28.3 Å². The second-order valence-corrected chi connectivity index (χ2v) is 8.07. The average Bonchev–Trinajstić information content (AvgIpc) is 2.77. The lowest BCUT2D eigenvalue weighted by Crippen LogP contribution is -2.56. The van der Waals surface area contributed by atoms with Gasteiger partial charge in [0.15, 0.2) is 0 Å². The summed E-state index contributed by atoms with van der Waals surface area (Å²) in [6, 6.07) is 13.3. The van der Waals surface area contributed by atoms with Gasteiger partial charge in [0, 0.05) is 37.8 Å². The molecular weight excluding hydrogens is 396 g/mol. The molecule has 1 fully saturated rings. The first-order valence-electron chi connectivity index (χ1n) is 10.4. The minimum Gasteiger partial charge on any atom is -0.362 e. The molecule has 1 heterocycles. The molecule has 2 aromatic carbocycles. The smallest absolute Gasteiger partial charge is 0.292 e. The second kappa shape index (κ2) is 9.59. The van der Waals surface area contributed by atoms with E-state index in [1.807, 2.05) is 37.8 Å². The largest absolute Gasteiger partial charge is 0.362 e. The predicted molar refractivity (Wildman–Crippen MR) is 119 cm³/mol. The SMILES string of the molecule is Cc1ccccc1C(=O)NC(C(=O)N1CCN(c2ccccc2[N+](=O)[O-])CC1)C(C)C. The van der Waals surface area contributed by atoms with Crippen molar-refractivity contribution in [1.29, 1.82) is 0 Å². The number of nitrogens with one attached hydrogen (secondary N) is 1. The zero-order valence-electron chi connectivity index (χ0n) is 18.1. The number of anilines is 1. The molecule has 0 aromatic heterocycles. The molecule has 2 aromatic rings. The summed E-state index contributed by atoms with van der Waals surface area (Å²) in [4.78, 5) is 40.5. The number of piperazine rings is 1. The Balaban J connectivity index is 1.67. The molecule has 0 spiro atoms. The van der Waals surface area contributed by atoms with Gasteiger partial charge < -0.3 is 15.1 Å². The number of hydrogen-bond acceptors (Lipinski definition) is 5. The molecule has 0 aliphatic carbocycles. The molecule has 3 rings (SSSR count). The van der Waals surface area contributed by atoms with Gasteiger partial charge in [-0.15, -0.1) is 0 Å². The fourth-order valence-corrected chi connectivity index (χ4v) is 3.81. The Kier molecular flexibility index (Phi) is 6.89. The third-order valence-electron chi connectivity index (χ3n) is 5.62. The number of nitro benzene ring substituents is 1. The first-order valence-corrected chi connectivity index (χ1v) is 10.4. The topological polar surface area (TPSA) is 95.8 Å². The number of benzene rings is 2. The highest BCUT2D eigenvalue weighted by molar-refractivity contribution is 5.98. The van der Waals surface area contributed by atoms with Gasteiger partial charge in [0.25, 0.3) is 11.6 Å². The van der Waals surface area contributed by atoms with Crippen LogP contribution in [0.3, 0.4) is 0 Å². The van der Waals surface area contributed by atoms with Crippen LogP contribution in [0.4, 0.5) is 11.4 Å². The number of hydrogen-bond donors (Lipinski definition) is 1. The van der Waals surface area contributed by atoms with Crippen LogP contribution in [0.15, 0.2) is 48.5 Å². The van der Waals surface area contributed by atoms with Crippen molar-refractivity contribution < 1.29 is 14.5 Å². The van der Waals surface area contributed by atoms with E-state index < -0.39 is 6.04 Å². The fourth-order valence-electron chi connectivity index (χ4n) is 3.81. The van der Waals surface area contributed by atoms with Gasteiger partial charge in [-0.1, -0.05) is 44.2 Å². The molecule has 164 valence electrons. The summed E-state index contributed by atoms with van der Waals surface area (Å²) in [7, 11) is 0. The zero-order chi connectivity index (χ0) is 22.5. The molecule has 8 nitrogen and oxygen atoms in total. The summed E-state index contributed by atoms with van der Waals surface area (Å²) in [5.41, 5.74) is 2.04. The van der Waals surface area contributed by atoms with Crippen molar-refractivity contribution >= 4 is 23.2 Å². The normalized spacial score (nSPS) is 15.0. The molecule has 1 atom stereocenters. The van der Waals surface area contributed by atoms with Gasteiger partial charge >= 0.3 is 0 Å². The van der Waals surface area contributed by atoms with Crippen molar-refractivity contribution in [3.63, 3.8) is 0 Å². The van der Waals surface area contributed by atoms with Crippen molar-refractivity contribution in [2.75, 3.05) is 31.1 Å². The highest BCUT2D eigenvalue weighted by Gasteiger charge is 2.32. The maximum absolute atomic E-state index is 13.2. The minimum atomic E-state index is -0.635. The molecule has 1 aliphatic rings.